The minimum atomic E-state index is -0.368. The molecular weight excluding hydrogens is 459 g/mol. The Morgan fingerprint density at radius 3 is 2.83 bits per heavy atom. The maximum atomic E-state index is 13.6. The topological polar surface area (TPSA) is 77.5 Å². The molecule has 6 nitrogen and oxygen atoms in total. The minimum absolute atomic E-state index is 0.0679. The lowest BCUT2D eigenvalue weighted by molar-refractivity contribution is -0.144. The van der Waals surface area contributed by atoms with Crippen LogP contribution in [0.25, 0.3) is 17.2 Å². The second-order valence-electron chi connectivity index (χ2n) is 10.3. The molecule has 7 heteroatoms. The van der Waals surface area contributed by atoms with Crippen molar-refractivity contribution in [3.8, 4) is 11.1 Å². The number of alkyl carbamates (subject to hydrolysis) is 1. The Balaban J connectivity index is 1.34. The molecular formula is C29H33FN2O4. The van der Waals surface area contributed by atoms with Crippen molar-refractivity contribution in [3.63, 3.8) is 0 Å². The Morgan fingerprint density at radius 2 is 2.08 bits per heavy atom. The van der Waals surface area contributed by atoms with Crippen LogP contribution >= 0.6 is 0 Å². The number of halogens is 1. The molecule has 1 aromatic heterocycles. The van der Waals surface area contributed by atoms with Crippen molar-refractivity contribution in [2.75, 3.05) is 6.61 Å². The van der Waals surface area contributed by atoms with E-state index < -0.39 is 0 Å². The number of benzene rings is 1. The molecule has 3 aliphatic rings. The summed E-state index contributed by atoms with van der Waals surface area (Å²) in [6.07, 6.45) is 9.07. The van der Waals surface area contributed by atoms with Crippen LogP contribution in [0.3, 0.4) is 0 Å². The minimum Gasteiger partial charge on any atom is -0.462 e. The van der Waals surface area contributed by atoms with Gasteiger partial charge in [0.1, 0.15) is 11.9 Å². The van der Waals surface area contributed by atoms with E-state index in [-0.39, 0.29) is 47.8 Å². The maximum absolute atomic E-state index is 13.6. The number of hydrogen-bond acceptors (Lipinski definition) is 5. The Bertz CT molecular complexity index is 1130. The molecule has 1 saturated heterocycles. The fourth-order valence-corrected chi connectivity index (χ4v) is 6.64. The smallest absolute Gasteiger partial charge is 0.407 e. The highest BCUT2D eigenvalue weighted by Gasteiger charge is 2.54. The normalized spacial score (nSPS) is 31.4. The van der Waals surface area contributed by atoms with Crippen LogP contribution in [0.5, 0.6) is 0 Å². The number of nitrogens with one attached hydrogen (secondary N) is 1. The van der Waals surface area contributed by atoms with Crippen molar-refractivity contribution in [2.24, 2.45) is 29.6 Å². The van der Waals surface area contributed by atoms with Crippen molar-refractivity contribution in [3.05, 3.63) is 60.2 Å². The predicted octanol–water partition coefficient (Wildman–Crippen LogP) is 5.63. The molecule has 36 heavy (non-hydrogen) atoms. The Morgan fingerprint density at radius 1 is 1.22 bits per heavy atom. The first-order valence-corrected chi connectivity index (χ1v) is 13.0. The molecule has 0 radical (unpaired) electrons. The highest BCUT2D eigenvalue weighted by atomic mass is 19.1. The monoisotopic (exact) mass is 492 g/mol. The highest BCUT2D eigenvalue weighted by Crippen LogP contribution is 2.53. The number of ether oxygens (including phenoxy) is 2. The Kier molecular flexibility index (Phi) is 7.08. The van der Waals surface area contributed by atoms with Gasteiger partial charge in [0, 0.05) is 23.7 Å². The number of fused-ring (bicyclic) bond motifs is 2. The fourth-order valence-electron chi connectivity index (χ4n) is 6.64. The molecule has 5 rings (SSSR count). The van der Waals surface area contributed by atoms with Crippen LogP contribution in [0.4, 0.5) is 9.18 Å². The van der Waals surface area contributed by atoms with Gasteiger partial charge in [0.05, 0.1) is 18.2 Å². The van der Waals surface area contributed by atoms with E-state index in [1.807, 2.05) is 31.2 Å². The van der Waals surface area contributed by atoms with Gasteiger partial charge in [0.15, 0.2) is 0 Å². The summed E-state index contributed by atoms with van der Waals surface area (Å²) < 4.78 is 24.3. The SMILES string of the molecule is CCOC(=O)N[C@@H]1CC[C@@H]2[C@H](C1)C[C@@H]1C(=O)O[C@H](C)[C@@H]1[C@H]2/C=C/c1ccc(-c2cccc(F)c2)cn1. The molecule has 190 valence electrons. The predicted molar refractivity (Wildman–Crippen MR) is 134 cm³/mol. The molecule has 2 saturated carbocycles. The lowest BCUT2D eigenvalue weighted by Gasteiger charge is -2.47. The van der Waals surface area contributed by atoms with Crippen molar-refractivity contribution in [2.45, 2.75) is 51.7 Å². The van der Waals surface area contributed by atoms with Gasteiger partial charge in [-0.2, -0.15) is 0 Å². The number of carbonyl (C=O) groups is 2. The molecule has 0 unspecified atom stereocenters. The summed E-state index contributed by atoms with van der Waals surface area (Å²) >= 11 is 0. The van der Waals surface area contributed by atoms with Gasteiger partial charge in [-0.3, -0.25) is 9.78 Å². The molecule has 1 amide bonds. The second-order valence-corrected chi connectivity index (χ2v) is 10.3. The van der Waals surface area contributed by atoms with Gasteiger partial charge >= 0.3 is 12.1 Å². The van der Waals surface area contributed by atoms with Crippen LogP contribution in [0, 0.1) is 35.4 Å². The number of aromatic nitrogens is 1. The van der Waals surface area contributed by atoms with Gasteiger partial charge in [-0.05, 0) is 87.1 Å². The van der Waals surface area contributed by atoms with E-state index in [9.17, 15) is 14.0 Å². The van der Waals surface area contributed by atoms with Gasteiger partial charge in [0.2, 0.25) is 0 Å². The van der Waals surface area contributed by atoms with Gasteiger partial charge in [-0.1, -0.05) is 24.3 Å². The average Bonchev–Trinajstić information content (AvgIpc) is 3.15. The summed E-state index contributed by atoms with van der Waals surface area (Å²) in [6.45, 7) is 4.15. The second kappa shape index (κ2) is 10.4. The summed E-state index contributed by atoms with van der Waals surface area (Å²) in [4.78, 5) is 29.2. The van der Waals surface area contributed by atoms with E-state index in [1.165, 1.54) is 12.1 Å². The number of hydrogen-bond donors (Lipinski definition) is 1. The zero-order valence-corrected chi connectivity index (χ0v) is 20.7. The van der Waals surface area contributed by atoms with Gasteiger partial charge in [0.25, 0.3) is 0 Å². The zero-order chi connectivity index (χ0) is 25.2. The summed E-state index contributed by atoms with van der Waals surface area (Å²) in [6, 6.07) is 10.4. The first-order valence-electron chi connectivity index (χ1n) is 13.0. The quantitative estimate of drug-likeness (QED) is 0.548. The van der Waals surface area contributed by atoms with E-state index in [2.05, 4.69) is 16.4 Å². The summed E-state index contributed by atoms with van der Waals surface area (Å²) in [7, 11) is 0. The first kappa shape index (κ1) is 24.5. The number of rotatable bonds is 5. The molecule has 1 N–H and O–H groups in total. The summed E-state index contributed by atoms with van der Waals surface area (Å²) in [5.41, 5.74) is 2.48. The lowest BCUT2D eigenvalue weighted by Crippen LogP contribution is -2.48. The van der Waals surface area contributed by atoms with Gasteiger partial charge in [-0.15, -0.1) is 0 Å². The van der Waals surface area contributed by atoms with Crippen LogP contribution < -0.4 is 5.32 Å². The maximum Gasteiger partial charge on any atom is 0.407 e. The summed E-state index contributed by atoms with van der Waals surface area (Å²) in [5, 5.41) is 3.00. The van der Waals surface area contributed by atoms with Crippen molar-refractivity contribution in [1.29, 1.82) is 0 Å². The van der Waals surface area contributed by atoms with Crippen LogP contribution in [0.1, 0.15) is 45.2 Å². The number of amides is 1. The number of nitrogens with zero attached hydrogens (tertiary/aromatic N) is 1. The molecule has 0 bridgehead atoms. The van der Waals surface area contributed by atoms with Crippen LogP contribution in [-0.4, -0.2) is 35.8 Å². The van der Waals surface area contributed by atoms with Crippen molar-refractivity contribution < 1.29 is 23.5 Å². The zero-order valence-electron chi connectivity index (χ0n) is 20.7. The molecule has 2 aromatic rings. The van der Waals surface area contributed by atoms with E-state index in [0.717, 1.165) is 42.5 Å². The number of allylic oxidation sites excluding steroid dienone is 1. The third-order valence-electron chi connectivity index (χ3n) is 8.18. The van der Waals surface area contributed by atoms with E-state index in [4.69, 9.17) is 9.47 Å². The van der Waals surface area contributed by atoms with Gasteiger partial charge < -0.3 is 14.8 Å². The summed E-state index contributed by atoms with van der Waals surface area (Å²) in [5.74, 6) is 0.629. The van der Waals surface area contributed by atoms with E-state index in [1.54, 1.807) is 19.2 Å². The molecule has 2 heterocycles. The largest absolute Gasteiger partial charge is 0.462 e. The molecule has 1 aromatic carbocycles. The van der Waals surface area contributed by atoms with Gasteiger partial charge in [-0.25, -0.2) is 9.18 Å². The van der Waals surface area contributed by atoms with Crippen molar-refractivity contribution >= 4 is 18.1 Å². The third-order valence-corrected chi connectivity index (χ3v) is 8.18. The molecule has 2 aliphatic carbocycles. The number of carbonyl (C=O) groups excluding carboxylic acids is 2. The number of pyridine rings is 1. The molecule has 1 aliphatic heterocycles. The number of cyclic esters (lactones) is 1. The van der Waals surface area contributed by atoms with Crippen LogP contribution in [0.15, 0.2) is 48.7 Å². The fraction of sp³-hybridized carbons (Fsp3) is 0.483. The van der Waals surface area contributed by atoms with Crippen LogP contribution in [-0.2, 0) is 14.3 Å². The lowest BCUT2D eigenvalue weighted by atomic mass is 9.57. The van der Waals surface area contributed by atoms with E-state index in [0.29, 0.717) is 18.4 Å². The highest BCUT2D eigenvalue weighted by molar-refractivity contribution is 5.75. The molecule has 7 atom stereocenters. The Labute approximate surface area is 211 Å². The third kappa shape index (κ3) is 5.01. The van der Waals surface area contributed by atoms with Crippen LogP contribution in [0.2, 0.25) is 0 Å². The molecule has 0 spiro atoms. The Hall–Kier alpha value is -3.22. The standard InChI is InChI=1S/C29H33FN2O4/c1-3-35-29(34)32-23-10-11-24-20(14-23)15-26-27(17(2)36-28(26)33)25(24)12-9-22-8-7-19(16-31-22)18-5-4-6-21(30)13-18/h4-9,12-13,16-17,20,23-27H,3,10-11,14-15H2,1-2H3,(H,32,34)/b12-9+/t17-,20-,23-,24-,25+,26+,27-/m1/s1. The average molecular weight is 493 g/mol. The number of esters is 1. The van der Waals surface area contributed by atoms with E-state index >= 15 is 0 Å². The van der Waals surface area contributed by atoms with Crippen molar-refractivity contribution in [1.82, 2.24) is 10.3 Å². The molecule has 3 fully saturated rings. The first-order chi connectivity index (χ1) is 17.4.